The Bertz CT molecular complexity index is 385. The van der Waals surface area contributed by atoms with Crippen LogP contribution in [-0.2, 0) is 4.74 Å². The lowest BCUT2D eigenvalue weighted by atomic mass is 10.2. The molecule has 0 unspecified atom stereocenters. The summed E-state index contributed by atoms with van der Waals surface area (Å²) in [5.41, 5.74) is 4.38. The van der Waals surface area contributed by atoms with Gasteiger partial charge in [-0.3, -0.25) is 0 Å². The number of rotatable bonds is 1. The van der Waals surface area contributed by atoms with Gasteiger partial charge in [0, 0.05) is 0 Å². The number of pyridine rings is 1. The van der Waals surface area contributed by atoms with Gasteiger partial charge in [0.05, 0.1) is 0 Å². The van der Waals surface area contributed by atoms with Crippen molar-refractivity contribution in [2.45, 2.75) is 26.4 Å². The zero-order valence-electron chi connectivity index (χ0n) is 8.87. The number of nitrogens with zero attached hydrogens (tertiary/aromatic N) is 1. The molecule has 5 heteroatoms. The molecule has 0 aromatic carbocycles. The van der Waals surface area contributed by atoms with Gasteiger partial charge in [0.1, 0.15) is 17.0 Å². The molecular formula is C10H13FN2O2. The van der Waals surface area contributed by atoms with Gasteiger partial charge in [-0.1, -0.05) is 0 Å². The molecule has 0 radical (unpaired) electrons. The van der Waals surface area contributed by atoms with Crippen LogP contribution in [-0.4, -0.2) is 16.6 Å². The number of esters is 1. The first-order chi connectivity index (χ1) is 6.79. The van der Waals surface area contributed by atoms with Gasteiger partial charge in [-0.2, -0.15) is 4.39 Å². The van der Waals surface area contributed by atoms with Crippen molar-refractivity contribution in [2.75, 3.05) is 5.73 Å². The van der Waals surface area contributed by atoms with Crippen molar-refractivity contribution in [1.29, 1.82) is 0 Å². The minimum absolute atomic E-state index is 0.0276. The molecule has 82 valence electrons. The minimum Gasteiger partial charge on any atom is -0.456 e. The topological polar surface area (TPSA) is 65.2 Å². The van der Waals surface area contributed by atoms with Crippen LogP contribution in [0.5, 0.6) is 0 Å². The summed E-state index contributed by atoms with van der Waals surface area (Å²) in [7, 11) is 0. The summed E-state index contributed by atoms with van der Waals surface area (Å²) < 4.78 is 18.2. The Balaban J connectivity index is 2.92. The predicted molar refractivity (Wildman–Crippen MR) is 53.8 cm³/mol. The average Bonchev–Trinajstić information content (AvgIpc) is 1.99. The number of ether oxygens (including phenoxy) is 1. The first-order valence-electron chi connectivity index (χ1n) is 4.45. The van der Waals surface area contributed by atoms with E-state index < -0.39 is 17.5 Å². The van der Waals surface area contributed by atoms with Gasteiger partial charge in [0.2, 0.25) is 5.95 Å². The normalized spacial score (nSPS) is 11.2. The highest BCUT2D eigenvalue weighted by molar-refractivity contribution is 5.89. The van der Waals surface area contributed by atoms with Gasteiger partial charge in [0.15, 0.2) is 0 Å². The number of aromatic nitrogens is 1. The molecule has 0 bridgehead atoms. The maximum Gasteiger partial charge on any atom is 0.343 e. The molecule has 2 N–H and O–H groups in total. The van der Waals surface area contributed by atoms with Crippen molar-refractivity contribution < 1.29 is 13.9 Å². The van der Waals surface area contributed by atoms with Crippen molar-refractivity contribution in [3.05, 3.63) is 23.6 Å². The average molecular weight is 212 g/mol. The van der Waals surface area contributed by atoms with E-state index in [1.807, 2.05) is 0 Å². The van der Waals surface area contributed by atoms with E-state index in [1.54, 1.807) is 20.8 Å². The van der Waals surface area contributed by atoms with E-state index in [4.69, 9.17) is 10.5 Å². The van der Waals surface area contributed by atoms with Crippen molar-refractivity contribution in [2.24, 2.45) is 0 Å². The smallest absolute Gasteiger partial charge is 0.343 e. The van der Waals surface area contributed by atoms with E-state index in [2.05, 4.69) is 4.98 Å². The number of carbonyl (C=O) groups excluding carboxylic acids is 1. The molecule has 1 aromatic heterocycles. The van der Waals surface area contributed by atoms with Crippen LogP contribution in [0.25, 0.3) is 0 Å². The fourth-order valence-electron chi connectivity index (χ4n) is 0.934. The number of hydrogen-bond acceptors (Lipinski definition) is 4. The van der Waals surface area contributed by atoms with E-state index in [-0.39, 0.29) is 11.4 Å². The molecule has 0 saturated heterocycles. The SMILES string of the molecule is CC(C)(C)OC(=O)c1ccc(N)nc1F. The lowest BCUT2D eigenvalue weighted by molar-refractivity contribution is 0.00638. The number of hydrogen-bond donors (Lipinski definition) is 1. The summed E-state index contributed by atoms with van der Waals surface area (Å²) in [5.74, 6) is -1.63. The largest absolute Gasteiger partial charge is 0.456 e. The summed E-state index contributed by atoms with van der Waals surface area (Å²) in [5, 5.41) is 0. The highest BCUT2D eigenvalue weighted by Crippen LogP contribution is 2.14. The Kier molecular flexibility index (Phi) is 2.93. The van der Waals surface area contributed by atoms with Crippen LogP contribution in [0.1, 0.15) is 31.1 Å². The Hall–Kier alpha value is -1.65. The van der Waals surface area contributed by atoms with Gasteiger partial charge in [-0.05, 0) is 32.9 Å². The van der Waals surface area contributed by atoms with Crippen LogP contribution in [0.3, 0.4) is 0 Å². The fourth-order valence-corrected chi connectivity index (χ4v) is 0.934. The van der Waals surface area contributed by atoms with Crippen LogP contribution < -0.4 is 5.73 Å². The second kappa shape index (κ2) is 3.84. The second-order valence-electron chi connectivity index (χ2n) is 4.08. The number of nitrogens with two attached hydrogens (primary N) is 1. The lowest BCUT2D eigenvalue weighted by Crippen LogP contribution is -2.24. The van der Waals surface area contributed by atoms with Gasteiger partial charge in [-0.15, -0.1) is 0 Å². The Morgan fingerprint density at radius 2 is 2.07 bits per heavy atom. The molecule has 0 amide bonds. The Morgan fingerprint density at radius 3 is 2.53 bits per heavy atom. The summed E-state index contributed by atoms with van der Waals surface area (Å²) >= 11 is 0. The third kappa shape index (κ3) is 3.19. The lowest BCUT2D eigenvalue weighted by Gasteiger charge is -2.19. The van der Waals surface area contributed by atoms with E-state index in [0.717, 1.165) is 0 Å². The molecule has 0 saturated carbocycles. The standard InChI is InChI=1S/C10H13FN2O2/c1-10(2,3)15-9(14)6-4-5-7(12)13-8(6)11/h4-5H,1-3H3,(H2,12,13). The maximum absolute atomic E-state index is 13.2. The zero-order chi connectivity index (χ0) is 11.6. The zero-order valence-corrected chi connectivity index (χ0v) is 8.87. The first kappa shape index (κ1) is 11.4. The fraction of sp³-hybridized carbons (Fsp3) is 0.400. The molecule has 1 heterocycles. The van der Waals surface area contributed by atoms with E-state index in [0.29, 0.717) is 0 Å². The summed E-state index contributed by atoms with van der Waals surface area (Å²) in [6, 6.07) is 2.61. The van der Waals surface area contributed by atoms with Crippen LogP contribution in [0, 0.1) is 5.95 Å². The molecule has 1 aromatic rings. The molecule has 1 rings (SSSR count). The molecule has 0 fully saturated rings. The van der Waals surface area contributed by atoms with Crippen molar-refractivity contribution in [1.82, 2.24) is 4.98 Å². The molecule has 0 atom stereocenters. The van der Waals surface area contributed by atoms with Crippen molar-refractivity contribution in [3.8, 4) is 0 Å². The van der Waals surface area contributed by atoms with Crippen molar-refractivity contribution >= 4 is 11.8 Å². The highest BCUT2D eigenvalue weighted by atomic mass is 19.1. The predicted octanol–water partition coefficient (Wildman–Crippen LogP) is 1.76. The molecule has 0 spiro atoms. The van der Waals surface area contributed by atoms with E-state index >= 15 is 0 Å². The minimum atomic E-state index is -0.913. The van der Waals surface area contributed by atoms with Crippen molar-refractivity contribution in [3.63, 3.8) is 0 Å². The van der Waals surface area contributed by atoms with Gasteiger partial charge in [-0.25, -0.2) is 9.78 Å². The Labute approximate surface area is 87.3 Å². The number of carbonyl (C=O) groups is 1. The van der Waals surface area contributed by atoms with Crippen LogP contribution in [0.2, 0.25) is 0 Å². The summed E-state index contributed by atoms with van der Waals surface area (Å²) in [6.07, 6.45) is 0. The maximum atomic E-state index is 13.2. The number of anilines is 1. The van der Waals surface area contributed by atoms with Gasteiger partial charge in [0.25, 0.3) is 0 Å². The Morgan fingerprint density at radius 1 is 1.47 bits per heavy atom. The van der Waals surface area contributed by atoms with Gasteiger partial charge < -0.3 is 10.5 Å². The molecule has 0 aliphatic carbocycles. The van der Waals surface area contributed by atoms with Crippen LogP contribution >= 0.6 is 0 Å². The summed E-state index contributed by atoms with van der Waals surface area (Å²) in [4.78, 5) is 14.8. The monoisotopic (exact) mass is 212 g/mol. The first-order valence-corrected chi connectivity index (χ1v) is 4.45. The third-order valence-electron chi connectivity index (χ3n) is 1.49. The molecule has 0 aliphatic heterocycles. The van der Waals surface area contributed by atoms with Crippen LogP contribution in [0.4, 0.5) is 10.2 Å². The molecule has 15 heavy (non-hydrogen) atoms. The highest BCUT2D eigenvalue weighted by Gasteiger charge is 2.21. The summed E-state index contributed by atoms with van der Waals surface area (Å²) in [6.45, 7) is 5.11. The van der Waals surface area contributed by atoms with Gasteiger partial charge >= 0.3 is 5.97 Å². The molecule has 4 nitrogen and oxygen atoms in total. The van der Waals surface area contributed by atoms with E-state index in [1.165, 1.54) is 12.1 Å². The number of nitrogen functional groups attached to an aromatic ring is 1. The van der Waals surface area contributed by atoms with Crippen LogP contribution in [0.15, 0.2) is 12.1 Å². The molecule has 0 aliphatic rings. The molecular weight excluding hydrogens is 199 g/mol. The van der Waals surface area contributed by atoms with E-state index in [9.17, 15) is 9.18 Å². The third-order valence-corrected chi connectivity index (χ3v) is 1.49. The second-order valence-corrected chi connectivity index (χ2v) is 4.08. The number of halogens is 1. The quantitative estimate of drug-likeness (QED) is 0.569.